The van der Waals surface area contributed by atoms with Gasteiger partial charge in [0.2, 0.25) is 0 Å². The summed E-state index contributed by atoms with van der Waals surface area (Å²) < 4.78 is 23.6. The molecule has 1 heterocycles. The molecular weight excluding hydrogens is 289 g/mol. The van der Waals surface area contributed by atoms with Crippen LogP contribution in [-0.4, -0.2) is 43.6 Å². The highest BCUT2D eigenvalue weighted by atomic mass is 19.1. The summed E-state index contributed by atoms with van der Waals surface area (Å²) in [5.74, 6) is -1.34. The summed E-state index contributed by atoms with van der Waals surface area (Å²) in [6.45, 7) is 2.95. The summed E-state index contributed by atoms with van der Waals surface area (Å²) in [5, 5.41) is 0. The fraction of sp³-hybridized carbons (Fsp3) is 0.500. The number of carbonyl (C=O) groups is 2. The molecule has 22 heavy (non-hydrogen) atoms. The van der Waals surface area contributed by atoms with Gasteiger partial charge in [0.05, 0.1) is 19.6 Å². The van der Waals surface area contributed by atoms with E-state index in [0.717, 1.165) is 12.5 Å². The number of hydrogen-bond donors (Lipinski definition) is 0. The third kappa shape index (κ3) is 3.55. The molecule has 120 valence electrons. The zero-order chi connectivity index (χ0) is 16.1. The number of methoxy groups -OCH3 is 1. The van der Waals surface area contributed by atoms with Gasteiger partial charge < -0.3 is 14.4 Å². The second-order valence-electron chi connectivity index (χ2n) is 5.19. The molecule has 0 radical (unpaired) electrons. The molecule has 0 aliphatic carbocycles. The van der Waals surface area contributed by atoms with Crippen LogP contribution in [0.25, 0.3) is 0 Å². The molecule has 6 heteroatoms. The van der Waals surface area contributed by atoms with E-state index < -0.39 is 5.82 Å². The second-order valence-corrected chi connectivity index (χ2v) is 5.19. The summed E-state index contributed by atoms with van der Waals surface area (Å²) in [4.78, 5) is 25.8. The van der Waals surface area contributed by atoms with Crippen LogP contribution in [0.15, 0.2) is 18.2 Å². The SMILES string of the molecule is CCOC(=O)[C@@H]1CCCN(C(=O)c2ccc(OC)c(F)c2)C1. The van der Waals surface area contributed by atoms with Crippen molar-refractivity contribution in [1.29, 1.82) is 0 Å². The van der Waals surface area contributed by atoms with Gasteiger partial charge in [0.15, 0.2) is 11.6 Å². The van der Waals surface area contributed by atoms with E-state index in [9.17, 15) is 14.0 Å². The molecule has 1 amide bonds. The van der Waals surface area contributed by atoms with Gasteiger partial charge in [-0.2, -0.15) is 0 Å². The van der Waals surface area contributed by atoms with E-state index in [1.807, 2.05) is 0 Å². The lowest BCUT2D eigenvalue weighted by molar-refractivity contribution is -0.149. The van der Waals surface area contributed by atoms with Crippen molar-refractivity contribution in [2.24, 2.45) is 5.92 Å². The van der Waals surface area contributed by atoms with Crippen LogP contribution in [0.2, 0.25) is 0 Å². The maximum atomic E-state index is 13.7. The lowest BCUT2D eigenvalue weighted by atomic mass is 9.97. The van der Waals surface area contributed by atoms with Gasteiger partial charge in [0.25, 0.3) is 5.91 Å². The Hall–Kier alpha value is -2.11. The average molecular weight is 309 g/mol. The zero-order valence-electron chi connectivity index (χ0n) is 12.8. The largest absolute Gasteiger partial charge is 0.494 e. The second kappa shape index (κ2) is 7.24. The van der Waals surface area contributed by atoms with Crippen molar-refractivity contribution < 1.29 is 23.5 Å². The van der Waals surface area contributed by atoms with Crippen molar-refractivity contribution in [3.05, 3.63) is 29.6 Å². The van der Waals surface area contributed by atoms with Gasteiger partial charge in [-0.3, -0.25) is 9.59 Å². The van der Waals surface area contributed by atoms with Crippen molar-refractivity contribution in [3.8, 4) is 5.75 Å². The predicted molar refractivity (Wildman–Crippen MR) is 78.2 cm³/mol. The van der Waals surface area contributed by atoms with Crippen LogP contribution in [0.1, 0.15) is 30.1 Å². The number of piperidine rings is 1. The molecule has 0 N–H and O–H groups in total. The van der Waals surface area contributed by atoms with Crippen molar-refractivity contribution in [1.82, 2.24) is 4.90 Å². The third-order valence-electron chi connectivity index (χ3n) is 3.73. The van der Waals surface area contributed by atoms with E-state index in [1.54, 1.807) is 11.8 Å². The van der Waals surface area contributed by atoms with Gasteiger partial charge >= 0.3 is 5.97 Å². The van der Waals surface area contributed by atoms with Crippen LogP contribution < -0.4 is 4.74 Å². The molecule has 0 aromatic heterocycles. The van der Waals surface area contributed by atoms with E-state index in [1.165, 1.54) is 19.2 Å². The summed E-state index contributed by atoms with van der Waals surface area (Å²) in [5.41, 5.74) is 0.253. The van der Waals surface area contributed by atoms with E-state index in [4.69, 9.17) is 9.47 Å². The molecule has 1 aromatic rings. The monoisotopic (exact) mass is 309 g/mol. The summed E-state index contributed by atoms with van der Waals surface area (Å²) in [6.07, 6.45) is 1.44. The number of rotatable bonds is 4. The molecule has 0 unspecified atom stereocenters. The van der Waals surface area contributed by atoms with E-state index in [0.29, 0.717) is 26.1 Å². The molecule has 5 nitrogen and oxygen atoms in total. The Bertz CT molecular complexity index is 561. The predicted octanol–water partition coefficient (Wildman–Crippen LogP) is 2.25. The van der Waals surface area contributed by atoms with E-state index in [2.05, 4.69) is 0 Å². The van der Waals surface area contributed by atoms with Gasteiger partial charge in [-0.1, -0.05) is 0 Å². The lowest BCUT2D eigenvalue weighted by Gasteiger charge is -2.31. The van der Waals surface area contributed by atoms with Gasteiger partial charge in [-0.15, -0.1) is 0 Å². The Balaban J connectivity index is 2.08. The fourth-order valence-corrected chi connectivity index (χ4v) is 2.60. The first-order valence-electron chi connectivity index (χ1n) is 7.36. The Morgan fingerprint density at radius 2 is 2.18 bits per heavy atom. The molecule has 1 saturated heterocycles. The Labute approximate surface area is 129 Å². The minimum Gasteiger partial charge on any atom is -0.494 e. The van der Waals surface area contributed by atoms with Crippen LogP contribution in [-0.2, 0) is 9.53 Å². The van der Waals surface area contributed by atoms with Crippen LogP contribution in [0.5, 0.6) is 5.75 Å². The first-order chi connectivity index (χ1) is 10.6. The summed E-state index contributed by atoms with van der Waals surface area (Å²) >= 11 is 0. The molecule has 0 spiro atoms. The minimum atomic E-state index is -0.577. The molecule has 0 bridgehead atoms. The lowest BCUT2D eigenvalue weighted by Crippen LogP contribution is -2.42. The van der Waals surface area contributed by atoms with Gasteiger partial charge in [0.1, 0.15) is 0 Å². The topological polar surface area (TPSA) is 55.8 Å². The Morgan fingerprint density at radius 1 is 1.41 bits per heavy atom. The number of benzene rings is 1. The number of ether oxygens (including phenoxy) is 2. The van der Waals surface area contributed by atoms with Crippen molar-refractivity contribution in [2.45, 2.75) is 19.8 Å². The number of hydrogen-bond acceptors (Lipinski definition) is 4. The average Bonchev–Trinajstić information content (AvgIpc) is 2.54. The van der Waals surface area contributed by atoms with Crippen molar-refractivity contribution in [2.75, 3.05) is 26.8 Å². The highest BCUT2D eigenvalue weighted by Gasteiger charge is 2.30. The van der Waals surface area contributed by atoms with E-state index in [-0.39, 0.29) is 29.1 Å². The number of halogens is 1. The van der Waals surface area contributed by atoms with Gasteiger partial charge in [-0.05, 0) is 38.0 Å². The number of esters is 1. The quantitative estimate of drug-likeness (QED) is 0.801. The maximum absolute atomic E-state index is 13.7. The molecule has 1 atom stereocenters. The summed E-state index contributed by atoms with van der Waals surface area (Å²) in [7, 11) is 1.37. The number of likely N-dealkylation sites (tertiary alicyclic amines) is 1. The zero-order valence-corrected chi connectivity index (χ0v) is 12.8. The van der Waals surface area contributed by atoms with E-state index >= 15 is 0 Å². The first-order valence-corrected chi connectivity index (χ1v) is 7.36. The molecule has 1 fully saturated rings. The van der Waals surface area contributed by atoms with Gasteiger partial charge in [0, 0.05) is 18.7 Å². The molecular formula is C16H20FNO4. The summed E-state index contributed by atoms with van der Waals surface area (Å²) in [6, 6.07) is 4.11. The minimum absolute atomic E-state index is 0.0968. The van der Waals surface area contributed by atoms with Gasteiger partial charge in [-0.25, -0.2) is 4.39 Å². The number of nitrogens with zero attached hydrogens (tertiary/aromatic N) is 1. The normalized spacial score (nSPS) is 18.0. The molecule has 1 aliphatic heterocycles. The standard InChI is InChI=1S/C16H20FNO4/c1-3-22-16(20)12-5-4-8-18(10-12)15(19)11-6-7-14(21-2)13(17)9-11/h6-7,9,12H,3-5,8,10H2,1-2H3/t12-/m1/s1. The smallest absolute Gasteiger partial charge is 0.310 e. The van der Waals surface area contributed by atoms with Crippen LogP contribution in [0.3, 0.4) is 0 Å². The number of carbonyl (C=O) groups excluding carboxylic acids is 2. The van der Waals surface area contributed by atoms with Crippen LogP contribution in [0, 0.1) is 11.7 Å². The molecule has 1 aromatic carbocycles. The first kappa shape index (κ1) is 16.3. The van der Waals surface area contributed by atoms with Crippen LogP contribution >= 0.6 is 0 Å². The number of amides is 1. The van der Waals surface area contributed by atoms with Crippen molar-refractivity contribution in [3.63, 3.8) is 0 Å². The van der Waals surface area contributed by atoms with Crippen LogP contribution in [0.4, 0.5) is 4.39 Å². The maximum Gasteiger partial charge on any atom is 0.310 e. The fourth-order valence-electron chi connectivity index (χ4n) is 2.60. The van der Waals surface area contributed by atoms with Crippen molar-refractivity contribution >= 4 is 11.9 Å². The Morgan fingerprint density at radius 3 is 2.82 bits per heavy atom. The molecule has 0 saturated carbocycles. The highest BCUT2D eigenvalue weighted by molar-refractivity contribution is 5.94. The molecule has 2 rings (SSSR count). The Kier molecular flexibility index (Phi) is 5.35. The highest BCUT2D eigenvalue weighted by Crippen LogP contribution is 2.22. The molecule has 1 aliphatic rings. The third-order valence-corrected chi connectivity index (χ3v) is 3.73.